The summed E-state index contributed by atoms with van der Waals surface area (Å²) in [5, 5.41) is 3.95. The zero-order chi connectivity index (χ0) is 26.6. The molecule has 2 aliphatic heterocycles. The number of nitrogens with one attached hydrogen (secondary N) is 2. The van der Waals surface area contributed by atoms with Gasteiger partial charge in [-0.3, -0.25) is 9.59 Å². The number of carbonyl (C=O) groups is 3. The molecule has 1 fully saturated rings. The summed E-state index contributed by atoms with van der Waals surface area (Å²) in [6, 6.07) is 19.7. The van der Waals surface area contributed by atoms with E-state index in [1.54, 1.807) is 43.2 Å². The SMILES string of the molecule is CCc1ccccc1NC(=O)c1ccc(N2C(=O)N3CCc4c([nH]c5ccc(OC)cc45)[C@@]3(C)C2=O)cc1. The maximum atomic E-state index is 13.9. The molecule has 3 aromatic carbocycles. The highest BCUT2D eigenvalue weighted by Crippen LogP contribution is 2.45. The normalized spacial score (nSPS) is 18.5. The number of anilines is 2. The van der Waals surface area contributed by atoms with Gasteiger partial charge in [0.15, 0.2) is 5.54 Å². The van der Waals surface area contributed by atoms with E-state index < -0.39 is 5.54 Å². The number of H-pyrrole nitrogens is 1. The number of rotatable bonds is 5. The van der Waals surface area contributed by atoms with Crippen LogP contribution in [0.1, 0.15) is 41.0 Å². The van der Waals surface area contributed by atoms with Crippen LogP contribution in [-0.4, -0.2) is 41.4 Å². The van der Waals surface area contributed by atoms with Crippen LogP contribution >= 0.6 is 0 Å². The first-order valence-electron chi connectivity index (χ1n) is 12.7. The molecule has 1 atom stereocenters. The second-order valence-electron chi connectivity index (χ2n) is 9.80. The molecule has 4 amide bonds. The van der Waals surface area contributed by atoms with Crippen molar-refractivity contribution in [3.05, 3.63) is 89.1 Å². The van der Waals surface area contributed by atoms with E-state index in [0.29, 0.717) is 24.2 Å². The molecule has 2 N–H and O–H groups in total. The Morgan fingerprint density at radius 2 is 1.84 bits per heavy atom. The minimum atomic E-state index is -1.16. The molecule has 0 spiro atoms. The van der Waals surface area contributed by atoms with Crippen LogP contribution in [0.15, 0.2) is 66.7 Å². The van der Waals surface area contributed by atoms with E-state index in [9.17, 15) is 14.4 Å². The minimum Gasteiger partial charge on any atom is -0.497 e. The summed E-state index contributed by atoms with van der Waals surface area (Å²) in [5.74, 6) is 0.166. The predicted molar refractivity (Wildman–Crippen MR) is 146 cm³/mol. The van der Waals surface area contributed by atoms with Gasteiger partial charge < -0.3 is 19.9 Å². The third kappa shape index (κ3) is 3.40. The number of ether oxygens (including phenoxy) is 1. The number of aromatic amines is 1. The quantitative estimate of drug-likeness (QED) is 0.361. The third-order valence-corrected chi connectivity index (χ3v) is 7.80. The van der Waals surface area contributed by atoms with Gasteiger partial charge in [-0.2, -0.15) is 0 Å². The number of aryl methyl sites for hydroxylation is 1. The van der Waals surface area contributed by atoms with Gasteiger partial charge >= 0.3 is 6.03 Å². The topological polar surface area (TPSA) is 94.7 Å². The summed E-state index contributed by atoms with van der Waals surface area (Å²) in [6.07, 6.45) is 1.43. The number of aromatic nitrogens is 1. The Bertz CT molecular complexity index is 1610. The zero-order valence-corrected chi connectivity index (χ0v) is 21.5. The van der Waals surface area contributed by atoms with Crippen molar-refractivity contribution < 1.29 is 19.1 Å². The van der Waals surface area contributed by atoms with E-state index in [1.165, 1.54) is 4.90 Å². The Morgan fingerprint density at radius 1 is 1.08 bits per heavy atom. The highest BCUT2D eigenvalue weighted by atomic mass is 16.5. The first kappa shape index (κ1) is 23.8. The van der Waals surface area contributed by atoms with E-state index in [1.807, 2.05) is 49.4 Å². The van der Waals surface area contributed by atoms with Crippen LogP contribution in [0.4, 0.5) is 16.2 Å². The summed E-state index contributed by atoms with van der Waals surface area (Å²) >= 11 is 0. The number of nitrogens with zero attached hydrogens (tertiary/aromatic N) is 2. The second kappa shape index (κ2) is 8.76. The molecule has 192 valence electrons. The van der Waals surface area contributed by atoms with Gasteiger partial charge in [-0.15, -0.1) is 0 Å². The molecule has 4 aromatic rings. The Kier molecular flexibility index (Phi) is 5.48. The lowest BCUT2D eigenvalue weighted by molar-refractivity contribution is -0.125. The Hall–Kier alpha value is -4.59. The maximum Gasteiger partial charge on any atom is 0.332 e. The molecule has 0 radical (unpaired) electrons. The predicted octanol–water partition coefficient (Wildman–Crippen LogP) is 5.23. The molecule has 1 saturated heterocycles. The van der Waals surface area contributed by atoms with Gasteiger partial charge in [0.2, 0.25) is 0 Å². The number of hydrogen-bond acceptors (Lipinski definition) is 4. The number of amides is 4. The molecule has 38 heavy (non-hydrogen) atoms. The van der Waals surface area contributed by atoms with Crippen molar-refractivity contribution in [2.75, 3.05) is 23.9 Å². The Balaban J connectivity index is 1.30. The molecule has 3 heterocycles. The summed E-state index contributed by atoms with van der Waals surface area (Å²) in [5.41, 5.74) is 4.19. The first-order valence-corrected chi connectivity index (χ1v) is 12.7. The van der Waals surface area contributed by atoms with Crippen LogP contribution in [0.3, 0.4) is 0 Å². The van der Waals surface area contributed by atoms with Gasteiger partial charge in [-0.1, -0.05) is 25.1 Å². The van der Waals surface area contributed by atoms with E-state index in [2.05, 4.69) is 10.3 Å². The highest BCUT2D eigenvalue weighted by molar-refractivity contribution is 6.23. The Labute approximate surface area is 220 Å². The molecule has 8 nitrogen and oxygen atoms in total. The van der Waals surface area contributed by atoms with Crippen molar-refractivity contribution in [2.24, 2.45) is 0 Å². The lowest BCUT2D eigenvalue weighted by Gasteiger charge is -2.35. The van der Waals surface area contributed by atoms with E-state index in [-0.39, 0.29) is 17.8 Å². The third-order valence-electron chi connectivity index (χ3n) is 7.80. The monoisotopic (exact) mass is 508 g/mol. The molecule has 0 unspecified atom stereocenters. The molecule has 1 aromatic heterocycles. The minimum absolute atomic E-state index is 0.251. The van der Waals surface area contributed by atoms with Gasteiger partial charge in [0, 0.05) is 28.7 Å². The van der Waals surface area contributed by atoms with Crippen LogP contribution < -0.4 is 15.0 Å². The van der Waals surface area contributed by atoms with Gasteiger partial charge in [0.25, 0.3) is 11.8 Å². The molecule has 8 heteroatoms. The van der Waals surface area contributed by atoms with Crippen molar-refractivity contribution in [2.45, 2.75) is 32.2 Å². The smallest absolute Gasteiger partial charge is 0.332 e. The van der Waals surface area contributed by atoms with Crippen LogP contribution in [0.2, 0.25) is 0 Å². The number of carbonyl (C=O) groups excluding carboxylic acids is 3. The van der Waals surface area contributed by atoms with E-state index >= 15 is 0 Å². The van der Waals surface area contributed by atoms with Crippen molar-refractivity contribution in [3.8, 4) is 5.75 Å². The fourth-order valence-corrected chi connectivity index (χ4v) is 5.68. The number of fused-ring (bicyclic) bond motifs is 5. The average Bonchev–Trinajstić information content (AvgIpc) is 3.41. The molecular formula is C30H28N4O4. The summed E-state index contributed by atoms with van der Waals surface area (Å²) in [4.78, 5) is 46.6. The largest absolute Gasteiger partial charge is 0.497 e. The average molecular weight is 509 g/mol. The number of benzene rings is 3. The van der Waals surface area contributed by atoms with Gasteiger partial charge in [0.1, 0.15) is 5.75 Å². The summed E-state index contributed by atoms with van der Waals surface area (Å²) in [7, 11) is 1.62. The lowest BCUT2D eigenvalue weighted by Crippen LogP contribution is -2.49. The molecular weight excluding hydrogens is 480 g/mol. The number of methoxy groups -OCH3 is 1. The van der Waals surface area contributed by atoms with Gasteiger partial charge in [-0.25, -0.2) is 9.69 Å². The van der Waals surface area contributed by atoms with Crippen molar-refractivity contribution in [1.29, 1.82) is 0 Å². The Morgan fingerprint density at radius 3 is 2.58 bits per heavy atom. The number of urea groups is 1. The van der Waals surface area contributed by atoms with E-state index in [0.717, 1.165) is 45.6 Å². The molecule has 0 bridgehead atoms. The summed E-state index contributed by atoms with van der Waals surface area (Å²) < 4.78 is 5.40. The van der Waals surface area contributed by atoms with Gasteiger partial charge in [-0.05, 0) is 79.4 Å². The van der Waals surface area contributed by atoms with E-state index in [4.69, 9.17) is 4.74 Å². The second-order valence-corrected chi connectivity index (χ2v) is 9.80. The molecule has 6 rings (SSSR count). The standard InChI is InChI=1S/C30H28N4O4/c1-4-18-7-5-6-8-24(18)32-27(35)19-9-11-20(12-10-19)34-28(36)30(2)26-22(15-16-33(30)29(34)37)23-17-21(38-3)13-14-25(23)31-26/h5-14,17,31H,4,15-16H2,1-3H3,(H,32,35)/t30-/m0/s1. The highest BCUT2D eigenvalue weighted by Gasteiger charge is 2.59. The molecule has 0 aliphatic carbocycles. The van der Waals surface area contributed by atoms with Crippen LogP contribution in [0.25, 0.3) is 10.9 Å². The number of imide groups is 1. The van der Waals surface area contributed by atoms with Crippen molar-refractivity contribution in [3.63, 3.8) is 0 Å². The summed E-state index contributed by atoms with van der Waals surface area (Å²) in [6.45, 7) is 4.25. The fourth-order valence-electron chi connectivity index (χ4n) is 5.68. The van der Waals surface area contributed by atoms with Crippen molar-refractivity contribution >= 4 is 40.1 Å². The van der Waals surface area contributed by atoms with Crippen LogP contribution in [0, 0.1) is 0 Å². The number of hydrogen-bond donors (Lipinski definition) is 2. The lowest BCUT2D eigenvalue weighted by atomic mass is 9.87. The van der Waals surface area contributed by atoms with Gasteiger partial charge in [0.05, 0.1) is 18.5 Å². The number of para-hydroxylation sites is 1. The first-order chi connectivity index (χ1) is 18.4. The van der Waals surface area contributed by atoms with Crippen LogP contribution in [0.5, 0.6) is 5.75 Å². The molecule has 2 aliphatic rings. The molecule has 0 saturated carbocycles. The fraction of sp³-hybridized carbons (Fsp3) is 0.233. The van der Waals surface area contributed by atoms with Crippen LogP contribution in [-0.2, 0) is 23.2 Å². The van der Waals surface area contributed by atoms with Crippen molar-refractivity contribution in [1.82, 2.24) is 9.88 Å². The maximum absolute atomic E-state index is 13.9. The zero-order valence-electron chi connectivity index (χ0n) is 21.5.